The van der Waals surface area contributed by atoms with Gasteiger partial charge in [-0.3, -0.25) is 0 Å². The fourth-order valence-corrected chi connectivity index (χ4v) is 8.18. The third-order valence-electron chi connectivity index (χ3n) is 9.55. The van der Waals surface area contributed by atoms with Crippen LogP contribution in [0.2, 0.25) is 0 Å². The molecular weight excluding hydrogens is 629 g/mol. The molecule has 50 heavy (non-hydrogen) atoms. The number of fused-ring (bicyclic) bond motifs is 6. The van der Waals surface area contributed by atoms with Crippen molar-refractivity contribution >= 4 is 53.4 Å². The van der Waals surface area contributed by atoms with E-state index >= 15 is 0 Å². The molecule has 0 atom stereocenters. The SMILES string of the molecule is c1ccc(-c2ccc(-c3ccccc3-c3cc(-c4cccc5c4oc4ccccc45)nc(-c4ccc5sc6ccccc6c5c4)n3)cc2)cc1. The van der Waals surface area contributed by atoms with Crippen molar-refractivity contribution in [2.45, 2.75) is 0 Å². The van der Waals surface area contributed by atoms with Crippen molar-refractivity contribution in [2.24, 2.45) is 0 Å². The van der Waals surface area contributed by atoms with E-state index in [0.29, 0.717) is 5.82 Å². The molecule has 3 nitrogen and oxygen atoms in total. The maximum absolute atomic E-state index is 6.51. The number of benzene rings is 7. The van der Waals surface area contributed by atoms with Crippen molar-refractivity contribution in [3.05, 3.63) is 170 Å². The van der Waals surface area contributed by atoms with Gasteiger partial charge in [-0.15, -0.1) is 11.3 Å². The van der Waals surface area contributed by atoms with Crippen molar-refractivity contribution in [1.29, 1.82) is 0 Å². The first-order valence-corrected chi connectivity index (χ1v) is 17.6. The highest BCUT2D eigenvalue weighted by atomic mass is 32.1. The van der Waals surface area contributed by atoms with Crippen LogP contribution in [0, 0.1) is 0 Å². The van der Waals surface area contributed by atoms with Crippen LogP contribution in [-0.4, -0.2) is 9.97 Å². The van der Waals surface area contributed by atoms with E-state index in [4.69, 9.17) is 14.4 Å². The first kappa shape index (κ1) is 28.6. The van der Waals surface area contributed by atoms with Gasteiger partial charge in [0.15, 0.2) is 5.82 Å². The Labute approximate surface area is 292 Å². The van der Waals surface area contributed by atoms with Crippen LogP contribution < -0.4 is 0 Å². The van der Waals surface area contributed by atoms with E-state index in [1.54, 1.807) is 0 Å². The number of hydrogen-bond donors (Lipinski definition) is 0. The normalized spacial score (nSPS) is 11.6. The fourth-order valence-electron chi connectivity index (χ4n) is 7.10. The zero-order valence-electron chi connectivity index (χ0n) is 26.9. The van der Waals surface area contributed by atoms with Crippen LogP contribution in [-0.2, 0) is 0 Å². The number of rotatable bonds is 5. The van der Waals surface area contributed by atoms with Crippen LogP contribution in [0.3, 0.4) is 0 Å². The molecule has 0 N–H and O–H groups in total. The Morgan fingerprint density at radius 3 is 1.84 bits per heavy atom. The summed E-state index contributed by atoms with van der Waals surface area (Å²) in [6.07, 6.45) is 0. The van der Waals surface area contributed by atoms with Crippen molar-refractivity contribution in [3.8, 4) is 56.2 Å². The lowest BCUT2D eigenvalue weighted by molar-refractivity contribution is 0.670. The van der Waals surface area contributed by atoms with Gasteiger partial charge in [-0.05, 0) is 64.7 Å². The lowest BCUT2D eigenvalue weighted by atomic mass is 9.94. The molecule has 3 heterocycles. The second kappa shape index (κ2) is 11.7. The molecule has 0 aliphatic rings. The number of nitrogens with zero attached hydrogens (tertiary/aromatic N) is 2. The molecule has 0 aliphatic carbocycles. The third kappa shape index (κ3) is 4.80. The summed E-state index contributed by atoms with van der Waals surface area (Å²) < 4.78 is 9.04. The Hall–Kier alpha value is -6.36. The molecule has 0 saturated carbocycles. The summed E-state index contributed by atoms with van der Waals surface area (Å²) in [5, 5.41) is 4.64. The molecule has 0 aliphatic heterocycles. The third-order valence-corrected chi connectivity index (χ3v) is 10.7. The standard InChI is InChI=1S/C46H28N2OS/c1-2-11-29(12-3-1)30-21-23-31(24-22-30)33-13-4-5-14-34(33)40-28-41(38-18-10-17-37-35-15-6-8-19-42(35)49-45(37)38)48-46(47-40)32-25-26-44-39(27-32)36-16-7-9-20-43(36)50-44/h1-28H. The van der Waals surface area contributed by atoms with Crippen molar-refractivity contribution in [1.82, 2.24) is 9.97 Å². The van der Waals surface area contributed by atoms with E-state index in [9.17, 15) is 0 Å². The van der Waals surface area contributed by atoms with Crippen LogP contribution >= 0.6 is 11.3 Å². The molecule has 0 bridgehead atoms. The molecule has 3 aromatic heterocycles. The van der Waals surface area contributed by atoms with Gasteiger partial charge in [-0.1, -0.05) is 127 Å². The predicted octanol–water partition coefficient (Wildman–Crippen LogP) is 13.1. The van der Waals surface area contributed by atoms with Crippen molar-refractivity contribution in [3.63, 3.8) is 0 Å². The average Bonchev–Trinajstić information content (AvgIpc) is 3.76. The van der Waals surface area contributed by atoms with Crippen molar-refractivity contribution in [2.75, 3.05) is 0 Å². The van der Waals surface area contributed by atoms with E-state index in [-0.39, 0.29) is 0 Å². The number of aromatic nitrogens is 2. The van der Waals surface area contributed by atoms with Crippen molar-refractivity contribution < 1.29 is 4.42 Å². The summed E-state index contributed by atoms with van der Waals surface area (Å²) in [6, 6.07) is 59.6. The number of hydrogen-bond acceptors (Lipinski definition) is 4. The minimum atomic E-state index is 0.678. The monoisotopic (exact) mass is 656 g/mol. The van der Waals surface area contributed by atoms with Gasteiger partial charge in [-0.25, -0.2) is 9.97 Å². The summed E-state index contributed by atoms with van der Waals surface area (Å²) in [6.45, 7) is 0. The minimum Gasteiger partial charge on any atom is -0.455 e. The lowest BCUT2D eigenvalue weighted by Crippen LogP contribution is -1.97. The number of furan rings is 1. The summed E-state index contributed by atoms with van der Waals surface area (Å²) >= 11 is 1.81. The van der Waals surface area contributed by atoms with E-state index < -0.39 is 0 Å². The fraction of sp³-hybridized carbons (Fsp3) is 0. The van der Waals surface area contributed by atoms with Gasteiger partial charge in [0.1, 0.15) is 11.2 Å². The van der Waals surface area contributed by atoms with E-state index in [0.717, 1.165) is 61.1 Å². The summed E-state index contributed by atoms with van der Waals surface area (Å²) in [5.41, 5.74) is 11.0. The minimum absolute atomic E-state index is 0.678. The lowest BCUT2D eigenvalue weighted by Gasteiger charge is -2.14. The summed E-state index contributed by atoms with van der Waals surface area (Å²) in [4.78, 5) is 10.6. The Morgan fingerprint density at radius 2 is 0.980 bits per heavy atom. The molecule has 0 radical (unpaired) electrons. The zero-order chi connectivity index (χ0) is 33.0. The molecule has 0 unspecified atom stereocenters. The van der Waals surface area contributed by atoms with Gasteiger partial charge in [0.2, 0.25) is 0 Å². The number of para-hydroxylation sites is 2. The Kier molecular flexibility index (Phi) is 6.68. The Bertz CT molecular complexity index is 2870. The second-order valence-electron chi connectivity index (χ2n) is 12.5. The highest BCUT2D eigenvalue weighted by Gasteiger charge is 2.18. The van der Waals surface area contributed by atoms with E-state index in [1.165, 1.54) is 31.3 Å². The van der Waals surface area contributed by atoms with Gasteiger partial charge in [0.05, 0.1) is 11.4 Å². The molecule has 0 amide bonds. The van der Waals surface area contributed by atoms with Crippen LogP contribution in [0.25, 0.3) is 98.3 Å². The predicted molar refractivity (Wildman–Crippen MR) is 209 cm³/mol. The van der Waals surface area contributed by atoms with Gasteiger partial charge in [0.25, 0.3) is 0 Å². The first-order valence-electron chi connectivity index (χ1n) is 16.7. The first-order chi connectivity index (χ1) is 24.8. The molecular formula is C46H28N2OS. The second-order valence-corrected chi connectivity index (χ2v) is 13.6. The average molecular weight is 657 g/mol. The summed E-state index contributed by atoms with van der Waals surface area (Å²) in [5.74, 6) is 0.678. The largest absolute Gasteiger partial charge is 0.455 e. The molecule has 7 aromatic carbocycles. The Balaban J connectivity index is 1.18. The maximum Gasteiger partial charge on any atom is 0.160 e. The molecule has 0 saturated heterocycles. The summed E-state index contributed by atoms with van der Waals surface area (Å²) in [7, 11) is 0. The van der Waals surface area contributed by atoms with Crippen LogP contribution in [0.15, 0.2) is 174 Å². The highest BCUT2D eigenvalue weighted by Crippen LogP contribution is 2.40. The molecule has 10 rings (SSSR count). The molecule has 0 spiro atoms. The van der Waals surface area contributed by atoms with Gasteiger partial charge in [-0.2, -0.15) is 0 Å². The quantitative estimate of drug-likeness (QED) is 0.185. The zero-order valence-corrected chi connectivity index (χ0v) is 27.7. The molecule has 10 aromatic rings. The maximum atomic E-state index is 6.51. The molecule has 234 valence electrons. The molecule has 0 fully saturated rings. The number of thiophene rings is 1. The highest BCUT2D eigenvalue weighted by molar-refractivity contribution is 7.25. The van der Waals surface area contributed by atoms with Crippen LogP contribution in [0.5, 0.6) is 0 Å². The van der Waals surface area contributed by atoms with Crippen LogP contribution in [0.1, 0.15) is 0 Å². The van der Waals surface area contributed by atoms with Gasteiger partial charge < -0.3 is 4.42 Å². The smallest absolute Gasteiger partial charge is 0.160 e. The van der Waals surface area contributed by atoms with Gasteiger partial charge >= 0.3 is 0 Å². The Morgan fingerprint density at radius 1 is 0.380 bits per heavy atom. The van der Waals surface area contributed by atoms with E-state index in [1.807, 2.05) is 29.5 Å². The van der Waals surface area contributed by atoms with E-state index in [2.05, 4.69) is 152 Å². The van der Waals surface area contributed by atoms with Crippen LogP contribution in [0.4, 0.5) is 0 Å². The molecule has 4 heteroatoms. The van der Waals surface area contributed by atoms with Gasteiger partial charge in [0, 0.05) is 47.6 Å². The topological polar surface area (TPSA) is 38.9 Å².